The van der Waals surface area contributed by atoms with E-state index in [1.807, 2.05) is 0 Å². The zero-order chi connectivity index (χ0) is 16.4. The molecule has 1 amide bonds. The Balaban J connectivity index is 1.99. The molecule has 5 nitrogen and oxygen atoms in total. The number of carbonyl (C=O) groups is 1. The van der Waals surface area contributed by atoms with Crippen LogP contribution in [0.2, 0.25) is 5.02 Å². The molecule has 0 saturated carbocycles. The first-order valence-electron chi connectivity index (χ1n) is 7.14. The number of nitrogens with one attached hydrogen (secondary N) is 1. The van der Waals surface area contributed by atoms with Gasteiger partial charge in [-0.3, -0.25) is 4.79 Å². The highest BCUT2D eigenvalue weighted by atomic mass is 35.5. The molecular weight excluding hydrogens is 326 g/mol. The number of rotatable bonds is 4. The van der Waals surface area contributed by atoms with Gasteiger partial charge in [-0.1, -0.05) is 11.6 Å². The molecule has 1 aromatic carbocycles. The summed E-state index contributed by atoms with van der Waals surface area (Å²) in [5, 5.41) is 3.36. The van der Waals surface area contributed by atoms with Crippen molar-refractivity contribution in [3.63, 3.8) is 0 Å². The van der Waals surface area contributed by atoms with E-state index in [4.69, 9.17) is 16.3 Å². The van der Waals surface area contributed by atoms with Crippen molar-refractivity contribution in [3.8, 4) is 5.75 Å². The van der Waals surface area contributed by atoms with Gasteiger partial charge in [-0.05, 0) is 51.0 Å². The summed E-state index contributed by atoms with van der Waals surface area (Å²) >= 11 is 5.81. The smallest absolute Gasteiger partial charge is 0.263 e. The van der Waals surface area contributed by atoms with Gasteiger partial charge in [0.05, 0.1) is 11.5 Å². The van der Waals surface area contributed by atoms with Crippen LogP contribution in [0.15, 0.2) is 24.3 Å². The predicted octanol–water partition coefficient (Wildman–Crippen LogP) is 2.19. The van der Waals surface area contributed by atoms with Crippen LogP contribution in [0.4, 0.5) is 0 Å². The van der Waals surface area contributed by atoms with Crippen molar-refractivity contribution in [1.82, 2.24) is 5.32 Å². The third-order valence-corrected chi connectivity index (χ3v) is 5.60. The highest BCUT2D eigenvalue weighted by molar-refractivity contribution is 7.91. The van der Waals surface area contributed by atoms with Crippen LogP contribution < -0.4 is 10.1 Å². The Morgan fingerprint density at radius 2 is 1.95 bits per heavy atom. The van der Waals surface area contributed by atoms with Crippen LogP contribution in [-0.2, 0) is 14.6 Å². The Labute approximate surface area is 135 Å². The third-order valence-electron chi connectivity index (χ3n) is 3.53. The molecule has 22 heavy (non-hydrogen) atoms. The molecule has 1 heterocycles. The molecule has 0 bridgehead atoms. The zero-order valence-corrected chi connectivity index (χ0v) is 14.2. The monoisotopic (exact) mass is 345 g/mol. The van der Waals surface area contributed by atoms with Gasteiger partial charge in [-0.2, -0.15) is 0 Å². The average molecular weight is 346 g/mol. The number of benzene rings is 1. The molecule has 0 radical (unpaired) electrons. The van der Waals surface area contributed by atoms with Gasteiger partial charge < -0.3 is 10.1 Å². The molecule has 122 valence electrons. The minimum atomic E-state index is -3.06. The first-order valence-corrected chi connectivity index (χ1v) is 9.34. The summed E-state index contributed by atoms with van der Waals surface area (Å²) in [5.74, 6) is 0.394. The summed E-state index contributed by atoms with van der Waals surface area (Å²) in [5.41, 5.74) is -1.10. The molecule has 0 spiro atoms. The van der Waals surface area contributed by atoms with Gasteiger partial charge in [-0.25, -0.2) is 8.42 Å². The van der Waals surface area contributed by atoms with Crippen molar-refractivity contribution in [3.05, 3.63) is 29.3 Å². The largest absolute Gasteiger partial charge is 0.478 e. The van der Waals surface area contributed by atoms with E-state index in [2.05, 4.69) is 5.32 Å². The van der Waals surface area contributed by atoms with Crippen LogP contribution >= 0.6 is 11.6 Å². The molecule has 1 aliphatic rings. The Morgan fingerprint density at radius 3 is 2.55 bits per heavy atom. The standard InChI is InChI=1S/C15H20ClNO4S/c1-15(2,21-13-7-5-11(16)6-8-13)14(18)17-12-4-3-9-22(19,20)10-12/h5-8,12H,3-4,9-10H2,1-2H3,(H,17,18). The molecule has 0 aliphatic carbocycles. The summed E-state index contributed by atoms with van der Waals surface area (Å²) < 4.78 is 28.9. The molecule has 0 aromatic heterocycles. The fourth-order valence-electron chi connectivity index (χ4n) is 2.34. The van der Waals surface area contributed by atoms with Crippen molar-refractivity contribution in [2.75, 3.05) is 11.5 Å². The number of hydrogen-bond acceptors (Lipinski definition) is 4. The van der Waals surface area contributed by atoms with Gasteiger partial charge in [0, 0.05) is 11.1 Å². The van der Waals surface area contributed by atoms with Gasteiger partial charge in [0.25, 0.3) is 5.91 Å². The van der Waals surface area contributed by atoms with Crippen LogP contribution in [0.25, 0.3) is 0 Å². The number of carbonyl (C=O) groups excluding carboxylic acids is 1. The van der Waals surface area contributed by atoms with Gasteiger partial charge in [0.15, 0.2) is 15.4 Å². The van der Waals surface area contributed by atoms with E-state index in [1.165, 1.54) is 0 Å². The topological polar surface area (TPSA) is 72.5 Å². The van der Waals surface area contributed by atoms with E-state index in [0.29, 0.717) is 23.6 Å². The van der Waals surface area contributed by atoms with Crippen molar-refractivity contribution >= 4 is 27.3 Å². The van der Waals surface area contributed by atoms with Crippen LogP contribution in [0, 0.1) is 0 Å². The highest BCUT2D eigenvalue weighted by Crippen LogP contribution is 2.21. The predicted molar refractivity (Wildman–Crippen MR) is 86.0 cm³/mol. The third kappa shape index (κ3) is 4.61. The van der Waals surface area contributed by atoms with Gasteiger partial charge >= 0.3 is 0 Å². The van der Waals surface area contributed by atoms with E-state index in [-0.39, 0.29) is 23.5 Å². The lowest BCUT2D eigenvalue weighted by atomic mass is 10.1. The summed E-state index contributed by atoms with van der Waals surface area (Å²) in [4.78, 5) is 12.4. The zero-order valence-electron chi connectivity index (χ0n) is 12.6. The van der Waals surface area contributed by atoms with E-state index in [1.54, 1.807) is 38.1 Å². The number of ether oxygens (including phenoxy) is 1. The van der Waals surface area contributed by atoms with Crippen molar-refractivity contribution < 1.29 is 17.9 Å². The normalized spacial score (nSPS) is 21.1. The molecule has 1 unspecified atom stereocenters. The minimum Gasteiger partial charge on any atom is -0.478 e. The summed E-state index contributed by atoms with van der Waals surface area (Å²) in [7, 11) is -3.06. The van der Waals surface area contributed by atoms with E-state index >= 15 is 0 Å². The lowest BCUT2D eigenvalue weighted by molar-refractivity contribution is -0.134. The van der Waals surface area contributed by atoms with Crippen LogP contribution in [0.1, 0.15) is 26.7 Å². The van der Waals surface area contributed by atoms with E-state index in [0.717, 1.165) is 0 Å². The summed E-state index contributed by atoms with van der Waals surface area (Å²) in [6.07, 6.45) is 1.24. The Kier molecular flexibility index (Phi) is 5.02. The number of hydrogen-bond donors (Lipinski definition) is 1. The molecule has 1 saturated heterocycles. The first-order chi connectivity index (χ1) is 10.2. The summed E-state index contributed by atoms with van der Waals surface area (Å²) in [6, 6.07) is 6.38. The van der Waals surface area contributed by atoms with Gasteiger partial charge in [-0.15, -0.1) is 0 Å². The Bertz CT molecular complexity index is 640. The second-order valence-corrected chi connectivity index (χ2v) is 8.66. The Hall–Kier alpha value is -1.27. The lowest BCUT2D eigenvalue weighted by Crippen LogP contribution is -2.52. The maximum absolute atomic E-state index is 12.4. The van der Waals surface area contributed by atoms with Crippen molar-refractivity contribution in [2.45, 2.75) is 38.3 Å². The molecule has 1 N–H and O–H groups in total. The molecule has 2 rings (SSSR count). The molecule has 7 heteroatoms. The summed E-state index contributed by atoms with van der Waals surface area (Å²) in [6.45, 7) is 3.29. The van der Waals surface area contributed by atoms with Crippen LogP contribution in [-0.4, -0.2) is 37.5 Å². The fourth-order valence-corrected chi connectivity index (χ4v) is 4.10. The maximum Gasteiger partial charge on any atom is 0.263 e. The average Bonchev–Trinajstić information content (AvgIpc) is 2.40. The van der Waals surface area contributed by atoms with Crippen molar-refractivity contribution in [1.29, 1.82) is 0 Å². The van der Waals surface area contributed by atoms with Crippen LogP contribution in [0.3, 0.4) is 0 Å². The molecule has 1 fully saturated rings. The quantitative estimate of drug-likeness (QED) is 0.907. The van der Waals surface area contributed by atoms with Gasteiger partial charge in [0.2, 0.25) is 0 Å². The Morgan fingerprint density at radius 1 is 1.32 bits per heavy atom. The SMILES string of the molecule is CC(C)(Oc1ccc(Cl)cc1)C(=O)NC1CCCS(=O)(=O)C1. The van der Waals surface area contributed by atoms with E-state index in [9.17, 15) is 13.2 Å². The second-order valence-electron chi connectivity index (χ2n) is 5.99. The molecular formula is C15H20ClNO4S. The maximum atomic E-state index is 12.4. The van der Waals surface area contributed by atoms with E-state index < -0.39 is 15.4 Å². The lowest BCUT2D eigenvalue weighted by Gasteiger charge is -2.29. The van der Waals surface area contributed by atoms with Crippen LogP contribution in [0.5, 0.6) is 5.75 Å². The number of amides is 1. The number of halogens is 1. The molecule has 1 aliphatic heterocycles. The highest BCUT2D eigenvalue weighted by Gasteiger charge is 2.34. The first kappa shape index (κ1) is 17.1. The number of sulfone groups is 1. The molecule has 1 atom stereocenters. The van der Waals surface area contributed by atoms with Crippen molar-refractivity contribution in [2.24, 2.45) is 0 Å². The fraction of sp³-hybridized carbons (Fsp3) is 0.533. The minimum absolute atomic E-state index is 0.00420. The van der Waals surface area contributed by atoms with Gasteiger partial charge in [0.1, 0.15) is 5.75 Å². The second kappa shape index (κ2) is 6.46. The molecule has 1 aromatic rings.